The molecule has 3 heteroatoms. The van der Waals surface area contributed by atoms with Crippen LogP contribution in [-0.4, -0.2) is 6.04 Å². The minimum atomic E-state index is -0.501. The summed E-state index contributed by atoms with van der Waals surface area (Å²) in [6.07, 6.45) is 7.85. The predicted molar refractivity (Wildman–Crippen MR) is 73.9 cm³/mol. The normalized spacial score (nSPS) is 19.1. The van der Waals surface area contributed by atoms with E-state index in [1.165, 1.54) is 50.7 Å². The molecule has 0 aromatic heterocycles. The van der Waals surface area contributed by atoms with Gasteiger partial charge in [-0.1, -0.05) is 25.7 Å². The Morgan fingerprint density at radius 3 is 2.21 bits per heavy atom. The van der Waals surface area contributed by atoms with Crippen molar-refractivity contribution in [2.45, 2.75) is 58.0 Å². The average molecular weight is 267 g/mol. The molecule has 1 nitrogen and oxygen atoms in total. The first-order valence-corrected chi connectivity index (χ1v) is 7.33. The van der Waals surface area contributed by atoms with Crippen LogP contribution in [0.1, 0.15) is 51.0 Å². The van der Waals surface area contributed by atoms with E-state index in [-0.39, 0.29) is 0 Å². The van der Waals surface area contributed by atoms with Gasteiger partial charge in [-0.15, -0.1) is 0 Å². The molecule has 1 saturated carbocycles. The Morgan fingerprint density at radius 2 is 1.63 bits per heavy atom. The summed E-state index contributed by atoms with van der Waals surface area (Å²) in [4.78, 5) is 0. The molecule has 0 bridgehead atoms. The minimum absolute atomic E-state index is 0.407. The second kappa shape index (κ2) is 6.99. The summed E-state index contributed by atoms with van der Waals surface area (Å²) < 4.78 is 26.2. The fourth-order valence-electron chi connectivity index (χ4n) is 2.97. The van der Waals surface area contributed by atoms with Gasteiger partial charge in [0.1, 0.15) is 11.6 Å². The van der Waals surface area contributed by atoms with E-state index in [1.54, 1.807) is 0 Å². The van der Waals surface area contributed by atoms with E-state index in [4.69, 9.17) is 0 Å². The summed E-state index contributed by atoms with van der Waals surface area (Å²) in [6.45, 7) is 2.72. The Kier molecular flexibility index (Phi) is 5.32. The first kappa shape index (κ1) is 14.4. The molecule has 2 rings (SSSR count). The zero-order valence-electron chi connectivity index (χ0n) is 11.6. The van der Waals surface area contributed by atoms with Crippen molar-refractivity contribution >= 4 is 0 Å². The molecule has 0 spiro atoms. The van der Waals surface area contributed by atoms with E-state index in [2.05, 4.69) is 12.2 Å². The highest BCUT2D eigenvalue weighted by atomic mass is 19.1. The highest BCUT2D eigenvalue weighted by Gasteiger charge is 2.18. The quantitative estimate of drug-likeness (QED) is 0.797. The molecule has 0 aliphatic heterocycles. The predicted octanol–water partition coefficient (Wildman–Crippen LogP) is 4.41. The van der Waals surface area contributed by atoms with Gasteiger partial charge in [-0.2, -0.15) is 0 Å². The average Bonchev–Trinajstić information content (AvgIpc) is 2.63. The van der Waals surface area contributed by atoms with Crippen LogP contribution in [0, 0.1) is 17.6 Å². The third-order valence-electron chi connectivity index (χ3n) is 4.16. The maximum atomic E-state index is 13.1. The standard InChI is InChI=1S/C16H23F2N/c1-12(14-6-4-2-3-5-7-14)19-11-13-8-15(17)10-16(18)9-13/h8-10,12,14,19H,2-7,11H2,1H3/t12-/m1/s1. The van der Waals surface area contributed by atoms with Gasteiger partial charge in [-0.3, -0.25) is 0 Å². The lowest BCUT2D eigenvalue weighted by Gasteiger charge is -2.23. The molecule has 0 amide bonds. The zero-order chi connectivity index (χ0) is 13.7. The van der Waals surface area contributed by atoms with Gasteiger partial charge in [0.15, 0.2) is 0 Å². The van der Waals surface area contributed by atoms with E-state index >= 15 is 0 Å². The fraction of sp³-hybridized carbons (Fsp3) is 0.625. The van der Waals surface area contributed by atoms with Crippen LogP contribution in [0.15, 0.2) is 18.2 Å². The topological polar surface area (TPSA) is 12.0 Å². The van der Waals surface area contributed by atoms with Crippen molar-refractivity contribution in [1.82, 2.24) is 5.32 Å². The number of halogens is 2. The van der Waals surface area contributed by atoms with E-state index in [9.17, 15) is 8.78 Å². The van der Waals surface area contributed by atoms with Gasteiger partial charge < -0.3 is 5.32 Å². The summed E-state index contributed by atoms with van der Waals surface area (Å²) in [5, 5.41) is 3.42. The fourth-order valence-corrected chi connectivity index (χ4v) is 2.97. The van der Waals surface area contributed by atoms with Crippen molar-refractivity contribution in [1.29, 1.82) is 0 Å². The van der Waals surface area contributed by atoms with Crippen molar-refractivity contribution in [3.05, 3.63) is 35.4 Å². The van der Waals surface area contributed by atoms with Crippen LogP contribution < -0.4 is 5.32 Å². The van der Waals surface area contributed by atoms with Gasteiger partial charge in [0.2, 0.25) is 0 Å². The zero-order valence-corrected chi connectivity index (χ0v) is 11.6. The molecule has 0 saturated heterocycles. The lowest BCUT2D eigenvalue weighted by Crippen LogP contribution is -2.33. The largest absolute Gasteiger partial charge is 0.310 e. The van der Waals surface area contributed by atoms with Gasteiger partial charge in [0, 0.05) is 18.7 Å². The summed E-state index contributed by atoms with van der Waals surface area (Å²) >= 11 is 0. The highest BCUT2D eigenvalue weighted by molar-refractivity contribution is 5.17. The Morgan fingerprint density at radius 1 is 1.05 bits per heavy atom. The molecule has 0 radical (unpaired) electrons. The molecule has 1 aromatic carbocycles. The number of benzene rings is 1. The molecule has 1 aliphatic rings. The molecule has 0 heterocycles. The number of hydrogen-bond donors (Lipinski definition) is 1. The van der Waals surface area contributed by atoms with Crippen molar-refractivity contribution in [3.8, 4) is 0 Å². The molecule has 1 aliphatic carbocycles. The number of rotatable bonds is 4. The van der Waals surface area contributed by atoms with Crippen molar-refractivity contribution in [2.24, 2.45) is 5.92 Å². The van der Waals surface area contributed by atoms with Gasteiger partial charge in [0.05, 0.1) is 0 Å². The molecule has 1 fully saturated rings. The Balaban J connectivity index is 1.86. The maximum absolute atomic E-state index is 13.1. The van der Waals surface area contributed by atoms with E-state index in [1.807, 2.05) is 0 Å². The maximum Gasteiger partial charge on any atom is 0.126 e. The number of nitrogens with one attached hydrogen (secondary N) is 1. The van der Waals surface area contributed by atoms with Crippen molar-refractivity contribution < 1.29 is 8.78 Å². The molecule has 1 atom stereocenters. The Bertz CT molecular complexity index is 377. The van der Waals surface area contributed by atoms with Crippen LogP contribution in [0.25, 0.3) is 0 Å². The summed E-state index contributed by atoms with van der Waals surface area (Å²) in [5.74, 6) is -0.307. The lowest BCUT2D eigenvalue weighted by molar-refractivity contribution is 0.336. The minimum Gasteiger partial charge on any atom is -0.310 e. The number of hydrogen-bond acceptors (Lipinski definition) is 1. The monoisotopic (exact) mass is 267 g/mol. The first-order valence-electron chi connectivity index (χ1n) is 7.33. The van der Waals surface area contributed by atoms with Crippen LogP contribution in [0.4, 0.5) is 8.78 Å². The van der Waals surface area contributed by atoms with Crippen LogP contribution in [0.3, 0.4) is 0 Å². The Hall–Kier alpha value is -0.960. The van der Waals surface area contributed by atoms with Crippen molar-refractivity contribution in [2.75, 3.05) is 0 Å². The van der Waals surface area contributed by atoms with Crippen molar-refractivity contribution in [3.63, 3.8) is 0 Å². The molecule has 1 aromatic rings. The third-order valence-corrected chi connectivity index (χ3v) is 4.16. The summed E-state index contributed by atoms with van der Waals surface area (Å²) in [5.41, 5.74) is 0.679. The summed E-state index contributed by atoms with van der Waals surface area (Å²) in [6, 6.07) is 4.12. The van der Waals surface area contributed by atoms with Gasteiger partial charge >= 0.3 is 0 Å². The van der Waals surface area contributed by atoms with E-state index < -0.39 is 11.6 Å². The molecule has 106 valence electrons. The first-order chi connectivity index (χ1) is 9.15. The van der Waals surface area contributed by atoms with Crippen LogP contribution in [0.2, 0.25) is 0 Å². The highest BCUT2D eigenvalue weighted by Crippen LogP contribution is 2.25. The van der Waals surface area contributed by atoms with Gasteiger partial charge in [0.25, 0.3) is 0 Å². The molecule has 1 N–H and O–H groups in total. The third kappa shape index (κ3) is 4.57. The van der Waals surface area contributed by atoms with Gasteiger partial charge in [-0.25, -0.2) is 8.78 Å². The van der Waals surface area contributed by atoms with E-state index in [0.717, 1.165) is 6.07 Å². The second-order valence-electron chi connectivity index (χ2n) is 5.70. The molecule has 0 unspecified atom stereocenters. The summed E-state index contributed by atoms with van der Waals surface area (Å²) in [7, 11) is 0. The molecule has 19 heavy (non-hydrogen) atoms. The van der Waals surface area contributed by atoms with Crippen LogP contribution in [-0.2, 0) is 6.54 Å². The van der Waals surface area contributed by atoms with Crippen LogP contribution in [0.5, 0.6) is 0 Å². The SMILES string of the molecule is C[C@@H](NCc1cc(F)cc(F)c1)C1CCCCCC1. The molecular formula is C16H23F2N. The van der Waals surface area contributed by atoms with Crippen LogP contribution >= 0.6 is 0 Å². The molecular weight excluding hydrogens is 244 g/mol. The smallest absolute Gasteiger partial charge is 0.126 e. The van der Waals surface area contributed by atoms with Gasteiger partial charge in [-0.05, 0) is 43.4 Å². The Labute approximate surface area is 114 Å². The lowest BCUT2D eigenvalue weighted by atomic mass is 9.93. The van der Waals surface area contributed by atoms with E-state index in [0.29, 0.717) is 24.1 Å². The second-order valence-corrected chi connectivity index (χ2v) is 5.70.